The number of methoxy groups -OCH3 is 1. The molecule has 0 amide bonds. The minimum atomic E-state index is -1.32. The van der Waals surface area contributed by atoms with Gasteiger partial charge in [0.05, 0.1) is 24.9 Å². The van der Waals surface area contributed by atoms with Crippen molar-refractivity contribution < 1.29 is 24.2 Å². The Morgan fingerprint density at radius 3 is 2.48 bits per heavy atom. The molecule has 5 heteroatoms. The first-order valence-electron chi connectivity index (χ1n) is 6.59. The number of carbonyl (C=O) groups excluding carboxylic acids is 2. The second kappa shape index (κ2) is 7.59. The van der Waals surface area contributed by atoms with Crippen molar-refractivity contribution >= 4 is 11.9 Å². The molecule has 0 radical (unpaired) electrons. The summed E-state index contributed by atoms with van der Waals surface area (Å²) in [5.41, 5.74) is 0.327. The van der Waals surface area contributed by atoms with Gasteiger partial charge in [-0.3, -0.25) is 0 Å². The Morgan fingerprint density at radius 1 is 1.29 bits per heavy atom. The second-order valence-corrected chi connectivity index (χ2v) is 5.00. The first-order chi connectivity index (χ1) is 9.88. The van der Waals surface area contributed by atoms with Gasteiger partial charge < -0.3 is 14.6 Å². The normalized spacial score (nSPS) is 11.9. The molecule has 21 heavy (non-hydrogen) atoms. The molecule has 0 aromatic heterocycles. The average molecular weight is 292 g/mol. The number of aliphatic hydroxyl groups excluding tert-OH is 1. The minimum absolute atomic E-state index is 0.119. The lowest BCUT2D eigenvalue weighted by molar-refractivity contribution is -0.141. The molecule has 1 unspecified atom stereocenters. The summed E-state index contributed by atoms with van der Waals surface area (Å²) < 4.78 is 9.67. The van der Waals surface area contributed by atoms with E-state index in [2.05, 4.69) is 11.3 Å². The number of esters is 2. The molecule has 0 spiro atoms. The molecule has 0 heterocycles. The van der Waals surface area contributed by atoms with Crippen LogP contribution in [0, 0.1) is 5.92 Å². The second-order valence-electron chi connectivity index (χ2n) is 5.00. The first kappa shape index (κ1) is 16.9. The molecule has 1 N–H and O–H groups in total. The predicted molar refractivity (Wildman–Crippen MR) is 77.7 cm³/mol. The summed E-state index contributed by atoms with van der Waals surface area (Å²) in [7, 11) is 1.25. The van der Waals surface area contributed by atoms with Crippen molar-refractivity contribution in [1.82, 2.24) is 0 Å². The van der Waals surface area contributed by atoms with E-state index in [4.69, 9.17) is 4.74 Å². The van der Waals surface area contributed by atoms with Crippen LogP contribution in [0.15, 0.2) is 36.4 Å². The fourth-order valence-electron chi connectivity index (χ4n) is 1.67. The van der Waals surface area contributed by atoms with Crippen LogP contribution in [0.25, 0.3) is 0 Å². The summed E-state index contributed by atoms with van der Waals surface area (Å²) in [4.78, 5) is 23.5. The van der Waals surface area contributed by atoms with Gasteiger partial charge in [0.2, 0.25) is 0 Å². The van der Waals surface area contributed by atoms with Crippen LogP contribution in [0.2, 0.25) is 0 Å². The molecule has 0 saturated heterocycles. The van der Waals surface area contributed by atoms with Gasteiger partial charge in [0.1, 0.15) is 6.10 Å². The Morgan fingerprint density at radius 2 is 1.90 bits per heavy atom. The molecule has 114 valence electrons. The van der Waals surface area contributed by atoms with Crippen molar-refractivity contribution in [3.05, 3.63) is 47.5 Å². The first-order valence-corrected chi connectivity index (χ1v) is 6.59. The van der Waals surface area contributed by atoms with Crippen molar-refractivity contribution in [3.63, 3.8) is 0 Å². The predicted octanol–water partition coefficient (Wildman–Crippen LogP) is 2.26. The van der Waals surface area contributed by atoms with Crippen molar-refractivity contribution in [2.45, 2.75) is 20.0 Å². The Bertz CT molecular complexity index is 533. The van der Waals surface area contributed by atoms with E-state index in [-0.39, 0.29) is 29.2 Å². The van der Waals surface area contributed by atoms with Crippen LogP contribution >= 0.6 is 0 Å². The number of hydrogen-bond acceptors (Lipinski definition) is 5. The zero-order valence-corrected chi connectivity index (χ0v) is 12.5. The van der Waals surface area contributed by atoms with Crippen LogP contribution < -0.4 is 0 Å². The molecule has 0 aliphatic carbocycles. The number of carbonyl (C=O) groups is 2. The van der Waals surface area contributed by atoms with Crippen LogP contribution in [-0.4, -0.2) is 30.8 Å². The van der Waals surface area contributed by atoms with Gasteiger partial charge >= 0.3 is 11.9 Å². The Labute approximate surface area is 124 Å². The van der Waals surface area contributed by atoms with E-state index < -0.39 is 18.0 Å². The van der Waals surface area contributed by atoms with E-state index in [0.717, 1.165) is 0 Å². The third kappa shape index (κ3) is 4.43. The zero-order valence-electron chi connectivity index (χ0n) is 12.5. The van der Waals surface area contributed by atoms with Gasteiger partial charge in [-0.2, -0.15) is 0 Å². The van der Waals surface area contributed by atoms with Gasteiger partial charge in [-0.15, -0.1) is 0 Å². The molecule has 0 aliphatic heterocycles. The fourth-order valence-corrected chi connectivity index (χ4v) is 1.67. The maximum absolute atomic E-state index is 11.8. The molecule has 0 aliphatic rings. The summed E-state index contributed by atoms with van der Waals surface area (Å²) in [6, 6.07) is 6.34. The lowest BCUT2D eigenvalue weighted by Gasteiger charge is -2.16. The van der Waals surface area contributed by atoms with E-state index in [1.807, 2.05) is 13.8 Å². The van der Waals surface area contributed by atoms with Gasteiger partial charge in [-0.05, 0) is 17.5 Å². The van der Waals surface area contributed by atoms with Crippen LogP contribution in [0.3, 0.4) is 0 Å². The molecule has 1 aromatic carbocycles. The lowest BCUT2D eigenvalue weighted by Crippen LogP contribution is -2.18. The smallest absolute Gasteiger partial charge is 0.338 e. The molecule has 1 atom stereocenters. The molecule has 1 aromatic rings. The number of benzene rings is 1. The summed E-state index contributed by atoms with van der Waals surface area (Å²) in [6.45, 7) is 7.60. The van der Waals surface area contributed by atoms with Gasteiger partial charge in [-0.25, -0.2) is 9.59 Å². The molecule has 1 rings (SSSR count). The van der Waals surface area contributed by atoms with E-state index >= 15 is 0 Å². The van der Waals surface area contributed by atoms with E-state index in [0.29, 0.717) is 0 Å². The molecular weight excluding hydrogens is 272 g/mol. The highest BCUT2D eigenvalue weighted by atomic mass is 16.5. The van der Waals surface area contributed by atoms with Crippen LogP contribution in [0.1, 0.15) is 35.9 Å². The molecule has 5 nitrogen and oxygen atoms in total. The summed E-state index contributed by atoms with van der Waals surface area (Å²) in [5, 5.41) is 10.2. The van der Waals surface area contributed by atoms with Crippen LogP contribution in [0.4, 0.5) is 0 Å². The Balaban J connectivity index is 2.93. The van der Waals surface area contributed by atoms with Crippen molar-refractivity contribution in [1.29, 1.82) is 0 Å². The third-order valence-corrected chi connectivity index (χ3v) is 2.80. The highest BCUT2D eigenvalue weighted by molar-refractivity contribution is 5.93. The Hall–Kier alpha value is -2.14. The van der Waals surface area contributed by atoms with E-state index in [9.17, 15) is 14.7 Å². The highest BCUT2D eigenvalue weighted by Gasteiger charge is 2.24. The van der Waals surface area contributed by atoms with Gasteiger partial charge in [0.25, 0.3) is 0 Å². The van der Waals surface area contributed by atoms with Gasteiger partial charge in [0.15, 0.2) is 0 Å². The quantitative estimate of drug-likeness (QED) is 0.643. The maximum atomic E-state index is 11.8. The molecular formula is C16H20O5. The van der Waals surface area contributed by atoms with Crippen molar-refractivity contribution in [3.8, 4) is 0 Å². The number of ether oxygens (including phenoxy) is 2. The summed E-state index contributed by atoms with van der Waals surface area (Å²) >= 11 is 0. The fraction of sp³-hybridized carbons (Fsp3) is 0.375. The maximum Gasteiger partial charge on any atom is 0.338 e. The summed E-state index contributed by atoms with van der Waals surface area (Å²) in [6.07, 6.45) is -1.32. The van der Waals surface area contributed by atoms with Crippen molar-refractivity contribution in [2.24, 2.45) is 5.92 Å². The lowest BCUT2D eigenvalue weighted by atomic mass is 9.97. The summed E-state index contributed by atoms with van der Waals surface area (Å²) in [5.74, 6) is -1.09. The van der Waals surface area contributed by atoms with E-state index in [1.54, 1.807) is 12.1 Å². The molecule has 0 bridgehead atoms. The standard InChI is InChI=1S/C16H20O5/c1-10(2)9-21-15(18)11(3)14(17)12-7-5-6-8-13(12)16(19)20-4/h5-8,10,14,17H,3,9H2,1-2,4H3. The number of hydrogen-bond donors (Lipinski definition) is 1. The average Bonchev–Trinajstić information content (AvgIpc) is 2.50. The van der Waals surface area contributed by atoms with Crippen LogP contribution in [0.5, 0.6) is 0 Å². The SMILES string of the molecule is C=C(C(=O)OCC(C)C)C(O)c1ccccc1C(=O)OC. The zero-order chi connectivity index (χ0) is 16.0. The number of rotatable bonds is 6. The minimum Gasteiger partial charge on any atom is -0.465 e. The molecule has 0 fully saturated rings. The van der Waals surface area contributed by atoms with Crippen molar-refractivity contribution in [2.75, 3.05) is 13.7 Å². The Kier molecular flexibility index (Phi) is 6.11. The highest BCUT2D eigenvalue weighted by Crippen LogP contribution is 2.25. The van der Waals surface area contributed by atoms with Gasteiger partial charge in [-0.1, -0.05) is 38.6 Å². The van der Waals surface area contributed by atoms with Crippen LogP contribution in [-0.2, 0) is 14.3 Å². The largest absolute Gasteiger partial charge is 0.465 e. The number of aliphatic hydroxyl groups is 1. The van der Waals surface area contributed by atoms with E-state index in [1.165, 1.54) is 19.2 Å². The topological polar surface area (TPSA) is 72.8 Å². The monoisotopic (exact) mass is 292 g/mol. The third-order valence-electron chi connectivity index (χ3n) is 2.80. The van der Waals surface area contributed by atoms with Gasteiger partial charge in [0, 0.05) is 0 Å². The molecule has 0 saturated carbocycles.